The van der Waals surface area contributed by atoms with Crippen LogP contribution in [0.25, 0.3) is 0 Å². The molecule has 0 saturated carbocycles. The van der Waals surface area contributed by atoms with E-state index in [0.29, 0.717) is 6.04 Å². The highest BCUT2D eigenvalue weighted by Gasteiger charge is 2.08. The molecular formula is C14H19NO. The third-order valence-corrected chi connectivity index (χ3v) is 2.55. The lowest BCUT2D eigenvalue weighted by molar-refractivity contribution is 0.414. The summed E-state index contributed by atoms with van der Waals surface area (Å²) in [5.41, 5.74) is 1.26. The Kier molecular flexibility index (Phi) is 5.45. The lowest BCUT2D eigenvalue weighted by atomic mass is 10.0. The van der Waals surface area contributed by atoms with Crippen molar-refractivity contribution >= 4 is 0 Å². The molecule has 1 unspecified atom stereocenters. The number of rotatable bonds is 6. The van der Waals surface area contributed by atoms with E-state index in [9.17, 15) is 0 Å². The molecule has 0 heterocycles. The molecule has 1 rings (SSSR count). The van der Waals surface area contributed by atoms with E-state index in [1.165, 1.54) is 5.56 Å². The second-order valence-electron chi connectivity index (χ2n) is 3.63. The number of benzene rings is 1. The van der Waals surface area contributed by atoms with Gasteiger partial charge in [-0.2, -0.15) is 0 Å². The number of methoxy groups -OCH3 is 1. The van der Waals surface area contributed by atoms with Crippen LogP contribution in [0, 0.1) is 12.3 Å². The summed E-state index contributed by atoms with van der Waals surface area (Å²) in [4.78, 5) is 0. The van der Waals surface area contributed by atoms with Gasteiger partial charge in [-0.15, -0.1) is 12.3 Å². The fourth-order valence-electron chi connectivity index (χ4n) is 1.70. The topological polar surface area (TPSA) is 21.3 Å². The first-order valence-corrected chi connectivity index (χ1v) is 5.62. The SMILES string of the molecule is C#CCCC(NCC)c1ccc(OC)cc1. The van der Waals surface area contributed by atoms with Gasteiger partial charge >= 0.3 is 0 Å². The van der Waals surface area contributed by atoms with Crippen LogP contribution in [0.3, 0.4) is 0 Å². The van der Waals surface area contributed by atoms with Gasteiger partial charge in [-0.3, -0.25) is 0 Å². The van der Waals surface area contributed by atoms with E-state index < -0.39 is 0 Å². The Morgan fingerprint density at radius 2 is 2.06 bits per heavy atom. The molecule has 0 bridgehead atoms. The second-order valence-corrected chi connectivity index (χ2v) is 3.63. The Morgan fingerprint density at radius 3 is 2.56 bits per heavy atom. The van der Waals surface area contributed by atoms with E-state index in [2.05, 4.69) is 30.3 Å². The molecule has 0 aliphatic rings. The fraction of sp³-hybridized carbons (Fsp3) is 0.429. The van der Waals surface area contributed by atoms with E-state index in [4.69, 9.17) is 11.2 Å². The average molecular weight is 217 g/mol. The van der Waals surface area contributed by atoms with E-state index in [0.717, 1.165) is 25.1 Å². The Morgan fingerprint density at radius 1 is 1.38 bits per heavy atom. The predicted octanol–water partition coefficient (Wildman–Crippen LogP) is 2.76. The molecule has 2 heteroatoms. The van der Waals surface area contributed by atoms with Gasteiger partial charge in [-0.25, -0.2) is 0 Å². The zero-order valence-corrected chi connectivity index (χ0v) is 9.99. The molecule has 0 spiro atoms. The lowest BCUT2D eigenvalue weighted by Crippen LogP contribution is -2.20. The Bertz CT molecular complexity index is 337. The van der Waals surface area contributed by atoms with Crippen LogP contribution in [0.5, 0.6) is 5.75 Å². The van der Waals surface area contributed by atoms with Crippen LogP contribution >= 0.6 is 0 Å². The van der Waals surface area contributed by atoms with Gasteiger partial charge in [0.2, 0.25) is 0 Å². The highest BCUT2D eigenvalue weighted by atomic mass is 16.5. The van der Waals surface area contributed by atoms with Crippen molar-refractivity contribution < 1.29 is 4.74 Å². The molecule has 0 aromatic heterocycles. The number of hydrogen-bond acceptors (Lipinski definition) is 2. The van der Waals surface area contributed by atoms with Crippen LogP contribution in [0.4, 0.5) is 0 Å². The first-order chi connectivity index (χ1) is 7.81. The van der Waals surface area contributed by atoms with E-state index >= 15 is 0 Å². The minimum atomic E-state index is 0.340. The summed E-state index contributed by atoms with van der Waals surface area (Å²) in [6.45, 7) is 3.05. The maximum atomic E-state index is 5.30. The molecular weight excluding hydrogens is 198 g/mol. The van der Waals surface area contributed by atoms with Crippen LogP contribution in [-0.2, 0) is 0 Å². The largest absolute Gasteiger partial charge is 0.497 e. The van der Waals surface area contributed by atoms with Crippen LogP contribution in [0.2, 0.25) is 0 Å². The summed E-state index contributed by atoms with van der Waals surface area (Å²) in [5, 5.41) is 3.43. The first-order valence-electron chi connectivity index (χ1n) is 5.62. The van der Waals surface area contributed by atoms with Crippen molar-refractivity contribution in [3.8, 4) is 18.1 Å². The van der Waals surface area contributed by atoms with Gasteiger partial charge < -0.3 is 10.1 Å². The van der Waals surface area contributed by atoms with Gasteiger partial charge in [0.1, 0.15) is 5.75 Å². The molecule has 0 saturated heterocycles. The van der Waals surface area contributed by atoms with Crippen molar-refractivity contribution in [2.24, 2.45) is 0 Å². The van der Waals surface area contributed by atoms with Crippen molar-refractivity contribution in [1.29, 1.82) is 0 Å². The smallest absolute Gasteiger partial charge is 0.118 e. The normalized spacial score (nSPS) is 11.8. The zero-order valence-electron chi connectivity index (χ0n) is 9.99. The monoisotopic (exact) mass is 217 g/mol. The van der Waals surface area contributed by atoms with Crippen molar-refractivity contribution in [2.45, 2.75) is 25.8 Å². The molecule has 1 aromatic rings. The molecule has 86 valence electrons. The van der Waals surface area contributed by atoms with E-state index in [1.54, 1.807) is 7.11 Å². The number of ether oxygens (including phenoxy) is 1. The third-order valence-electron chi connectivity index (χ3n) is 2.55. The standard InChI is InChI=1S/C14H19NO/c1-4-6-7-14(15-5-2)12-8-10-13(16-3)11-9-12/h1,8-11,14-15H,5-7H2,2-3H3. The second kappa shape index (κ2) is 6.92. The maximum absolute atomic E-state index is 5.30. The van der Waals surface area contributed by atoms with Gasteiger partial charge in [0.05, 0.1) is 7.11 Å². The van der Waals surface area contributed by atoms with Crippen LogP contribution in [0.1, 0.15) is 31.4 Å². The molecule has 2 nitrogen and oxygen atoms in total. The minimum Gasteiger partial charge on any atom is -0.497 e. The van der Waals surface area contributed by atoms with Crippen molar-refractivity contribution in [3.63, 3.8) is 0 Å². The summed E-state index contributed by atoms with van der Waals surface area (Å²) in [5.74, 6) is 3.57. The van der Waals surface area contributed by atoms with Crippen molar-refractivity contribution in [3.05, 3.63) is 29.8 Å². The highest BCUT2D eigenvalue weighted by Crippen LogP contribution is 2.21. The highest BCUT2D eigenvalue weighted by molar-refractivity contribution is 5.29. The summed E-state index contributed by atoms with van der Waals surface area (Å²) >= 11 is 0. The van der Waals surface area contributed by atoms with Gasteiger partial charge in [0.25, 0.3) is 0 Å². The molecule has 16 heavy (non-hydrogen) atoms. The molecule has 0 aliphatic carbocycles. The van der Waals surface area contributed by atoms with Crippen LogP contribution in [-0.4, -0.2) is 13.7 Å². The molecule has 0 aliphatic heterocycles. The van der Waals surface area contributed by atoms with Crippen molar-refractivity contribution in [1.82, 2.24) is 5.32 Å². The van der Waals surface area contributed by atoms with Gasteiger partial charge in [0.15, 0.2) is 0 Å². The lowest BCUT2D eigenvalue weighted by Gasteiger charge is -2.17. The van der Waals surface area contributed by atoms with Crippen LogP contribution < -0.4 is 10.1 Å². The zero-order chi connectivity index (χ0) is 11.8. The predicted molar refractivity (Wildman–Crippen MR) is 67.5 cm³/mol. The van der Waals surface area contributed by atoms with Gasteiger partial charge in [-0.05, 0) is 30.7 Å². The van der Waals surface area contributed by atoms with Gasteiger partial charge in [0, 0.05) is 12.5 Å². The summed E-state index contributed by atoms with van der Waals surface area (Å²) in [6, 6.07) is 8.48. The number of hydrogen-bond donors (Lipinski definition) is 1. The van der Waals surface area contributed by atoms with Crippen LogP contribution in [0.15, 0.2) is 24.3 Å². The molecule has 1 atom stereocenters. The number of nitrogens with one attached hydrogen (secondary N) is 1. The molecule has 1 aromatic carbocycles. The Hall–Kier alpha value is -1.46. The minimum absolute atomic E-state index is 0.340. The Balaban J connectivity index is 2.71. The number of terminal acetylenes is 1. The summed E-state index contributed by atoms with van der Waals surface area (Å²) in [7, 11) is 1.68. The van der Waals surface area contributed by atoms with Gasteiger partial charge in [-0.1, -0.05) is 19.1 Å². The third kappa shape index (κ3) is 3.60. The fourth-order valence-corrected chi connectivity index (χ4v) is 1.70. The molecule has 1 N–H and O–H groups in total. The van der Waals surface area contributed by atoms with E-state index in [1.807, 2.05) is 12.1 Å². The molecule has 0 amide bonds. The summed E-state index contributed by atoms with van der Waals surface area (Å²) < 4.78 is 5.14. The molecule has 0 fully saturated rings. The first kappa shape index (κ1) is 12.6. The maximum Gasteiger partial charge on any atom is 0.118 e. The van der Waals surface area contributed by atoms with Crippen molar-refractivity contribution in [2.75, 3.05) is 13.7 Å². The summed E-state index contributed by atoms with van der Waals surface area (Å²) in [6.07, 6.45) is 7.06. The Labute approximate surface area is 98.0 Å². The molecule has 0 radical (unpaired) electrons. The van der Waals surface area contributed by atoms with E-state index in [-0.39, 0.29) is 0 Å². The average Bonchev–Trinajstić information content (AvgIpc) is 2.35. The quantitative estimate of drug-likeness (QED) is 0.740.